The molecule has 3 aromatic carbocycles. The number of pyridine rings is 1. The van der Waals surface area contributed by atoms with Gasteiger partial charge in [-0.25, -0.2) is 4.98 Å². The number of nitrogens with zero attached hydrogens (tertiary/aromatic N) is 1. The lowest BCUT2D eigenvalue weighted by Gasteiger charge is -2.08. The molecule has 0 radical (unpaired) electrons. The largest absolute Gasteiger partial charge is 0.454 e. The van der Waals surface area contributed by atoms with Gasteiger partial charge in [0.15, 0.2) is 11.2 Å². The molecule has 0 bridgehead atoms. The monoisotopic (exact) mass is 389 g/mol. The molecular formula is C27H19NO2. The quantitative estimate of drug-likeness (QED) is 0.354. The Balaban J connectivity index is 1.69. The van der Waals surface area contributed by atoms with E-state index in [-0.39, 0.29) is 5.43 Å². The molecule has 5 aromatic rings. The van der Waals surface area contributed by atoms with E-state index in [0.29, 0.717) is 22.4 Å². The zero-order chi connectivity index (χ0) is 20.5. The van der Waals surface area contributed by atoms with E-state index in [1.807, 2.05) is 48.5 Å². The van der Waals surface area contributed by atoms with Crippen LogP contribution < -0.4 is 5.43 Å². The van der Waals surface area contributed by atoms with E-state index in [9.17, 15) is 4.79 Å². The second kappa shape index (κ2) is 7.45. The van der Waals surface area contributed by atoms with Crippen molar-refractivity contribution in [2.75, 3.05) is 0 Å². The lowest BCUT2D eigenvalue weighted by Crippen LogP contribution is -2.01. The molecule has 30 heavy (non-hydrogen) atoms. The molecule has 0 fully saturated rings. The van der Waals surface area contributed by atoms with Crippen LogP contribution in [-0.2, 0) is 0 Å². The van der Waals surface area contributed by atoms with Gasteiger partial charge in [-0.2, -0.15) is 0 Å². The first-order valence-electron chi connectivity index (χ1n) is 9.86. The van der Waals surface area contributed by atoms with Crippen LogP contribution in [0.25, 0.3) is 45.5 Å². The minimum absolute atomic E-state index is 0.0705. The minimum atomic E-state index is -0.0705. The Bertz CT molecular complexity index is 1480. The van der Waals surface area contributed by atoms with E-state index in [4.69, 9.17) is 9.40 Å². The lowest BCUT2D eigenvalue weighted by atomic mass is 10.0. The molecule has 0 aliphatic carbocycles. The van der Waals surface area contributed by atoms with Crippen LogP contribution in [-0.4, -0.2) is 4.98 Å². The molecule has 144 valence electrons. The van der Waals surface area contributed by atoms with Crippen LogP contribution in [0.2, 0.25) is 0 Å². The number of hydrogen-bond donors (Lipinski definition) is 0. The summed E-state index contributed by atoms with van der Waals surface area (Å²) in [5.41, 5.74) is 5.39. The fraction of sp³-hybridized carbons (Fsp3) is 0.0370. The molecule has 0 unspecified atom stereocenters. The Morgan fingerprint density at radius 2 is 1.47 bits per heavy atom. The average Bonchev–Trinajstić information content (AvgIpc) is 2.78. The van der Waals surface area contributed by atoms with Crippen LogP contribution in [0, 0.1) is 6.92 Å². The van der Waals surface area contributed by atoms with E-state index in [1.54, 1.807) is 12.1 Å². The summed E-state index contributed by atoms with van der Waals surface area (Å²) in [5.74, 6) is 0.468. The summed E-state index contributed by atoms with van der Waals surface area (Å²) in [4.78, 5) is 17.3. The number of rotatable bonds is 3. The molecular weight excluding hydrogens is 370 g/mol. The Kier molecular flexibility index (Phi) is 4.49. The van der Waals surface area contributed by atoms with E-state index in [2.05, 4.69) is 37.3 Å². The standard InChI is InChI=1S/C27H19NO2/c1-18-8-2-3-9-19(18)14-15-20-16-24(28-23-12-6-4-10-21(20)23)27-17-25(29)22-11-5-7-13-26(22)30-27/h2-17H,1H3/b15-14+. The summed E-state index contributed by atoms with van der Waals surface area (Å²) in [6.07, 6.45) is 4.20. The molecule has 0 saturated carbocycles. The lowest BCUT2D eigenvalue weighted by molar-refractivity contribution is 0.616. The van der Waals surface area contributed by atoms with Crippen molar-refractivity contribution in [3.05, 3.63) is 112 Å². The van der Waals surface area contributed by atoms with Gasteiger partial charge < -0.3 is 4.42 Å². The highest BCUT2D eigenvalue weighted by Gasteiger charge is 2.11. The smallest absolute Gasteiger partial charge is 0.193 e. The predicted octanol–water partition coefficient (Wildman–Crippen LogP) is 6.49. The fourth-order valence-corrected chi connectivity index (χ4v) is 3.65. The highest BCUT2D eigenvalue weighted by Crippen LogP contribution is 2.27. The zero-order valence-corrected chi connectivity index (χ0v) is 16.5. The SMILES string of the molecule is Cc1ccccc1/C=C/c1cc(-c2cc(=O)c3ccccc3o2)nc2ccccc12. The Hall–Kier alpha value is -3.98. The van der Waals surface area contributed by atoms with Crippen LogP contribution in [0.4, 0.5) is 0 Å². The zero-order valence-electron chi connectivity index (χ0n) is 16.5. The van der Waals surface area contributed by atoms with E-state index in [0.717, 1.165) is 22.0 Å². The van der Waals surface area contributed by atoms with Crippen LogP contribution in [0.15, 0.2) is 94.1 Å². The van der Waals surface area contributed by atoms with Gasteiger partial charge in [-0.15, -0.1) is 0 Å². The number of aromatic nitrogens is 1. The maximum Gasteiger partial charge on any atom is 0.193 e. The first kappa shape index (κ1) is 18.1. The van der Waals surface area contributed by atoms with Gasteiger partial charge in [0.05, 0.1) is 10.9 Å². The highest BCUT2D eigenvalue weighted by atomic mass is 16.3. The molecule has 5 rings (SSSR count). The maximum atomic E-state index is 12.6. The van der Waals surface area contributed by atoms with E-state index < -0.39 is 0 Å². The van der Waals surface area contributed by atoms with Gasteiger partial charge in [0, 0.05) is 11.5 Å². The van der Waals surface area contributed by atoms with Crippen LogP contribution >= 0.6 is 0 Å². The maximum absolute atomic E-state index is 12.6. The van der Waals surface area contributed by atoms with Gasteiger partial charge >= 0.3 is 0 Å². The summed E-state index contributed by atoms with van der Waals surface area (Å²) in [6.45, 7) is 2.10. The topological polar surface area (TPSA) is 43.1 Å². The molecule has 0 aliphatic heterocycles. The third kappa shape index (κ3) is 3.31. The van der Waals surface area contributed by atoms with Gasteiger partial charge in [-0.1, -0.05) is 66.7 Å². The van der Waals surface area contributed by atoms with Crippen molar-refractivity contribution in [2.45, 2.75) is 6.92 Å². The molecule has 0 aliphatic rings. The first-order chi connectivity index (χ1) is 14.7. The molecule has 0 N–H and O–H groups in total. The molecule has 0 spiro atoms. The molecule has 0 saturated heterocycles. The third-order valence-corrected chi connectivity index (χ3v) is 5.27. The van der Waals surface area contributed by atoms with Crippen molar-refractivity contribution in [2.24, 2.45) is 0 Å². The second-order valence-corrected chi connectivity index (χ2v) is 7.27. The van der Waals surface area contributed by atoms with Crippen molar-refractivity contribution >= 4 is 34.0 Å². The van der Waals surface area contributed by atoms with Crippen LogP contribution in [0.5, 0.6) is 0 Å². The second-order valence-electron chi connectivity index (χ2n) is 7.27. The number of para-hydroxylation sites is 2. The summed E-state index contributed by atoms with van der Waals surface area (Å²) >= 11 is 0. The summed E-state index contributed by atoms with van der Waals surface area (Å²) in [5, 5.41) is 1.62. The first-order valence-corrected chi connectivity index (χ1v) is 9.86. The molecule has 0 atom stereocenters. The van der Waals surface area contributed by atoms with Crippen molar-refractivity contribution in [3.8, 4) is 11.5 Å². The van der Waals surface area contributed by atoms with Crippen LogP contribution in [0.1, 0.15) is 16.7 Å². The summed E-state index contributed by atoms with van der Waals surface area (Å²) < 4.78 is 6.03. The van der Waals surface area contributed by atoms with Crippen molar-refractivity contribution < 1.29 is 4.42 Å². The van der Waals surface area contributed by atoms with Gasteiger partial charge in [0.1, 0.15) is 11.3 Å². The number of aryl methyl sites for hydroxylation is 1. The molecule has 0 amide bonds. The minimum Gasteiger partial charge on any atom is -0.454 e. The molecule has 3 heteroatoms. The Labute approximate surface area is 174 Å². The third-order valence-electron chi connectivity index (χ3n) is 5.27. The Morgan fingerprint density at radius 1 is 0.767 bits per heavy atom. The van der Waals surface area contributed by atoms with E-state index in [1.165, 1.54) is 11.6 Å². The van der Waals surface area contributed by atoms with Crippen molar-refractivity contribution in [3.63, 3.8) is 0 Å². The van der Waals surface area contributed by atoms with Gasteiger partial charge in [0.25, 0.3) is 0 Å². The van der Waals surface area contributed by atoms with Gasteiger partial charge in [0.2, 0.25) is 0 Å². The predicted molar refractivity (Wildman–Crippen MR) is 123 cm³/mol. The van der Waals surface area contributed by atoms with Gasteiger partial charge in [-0.3, -0.25) is 4.79 Å². The average molecular weight is 389 g/mol. The summed E-state index contributed by atoms with van der Waals surface area (Å²) in [6, 6.07) is 27.0. The number of benzene rings is 3. The van der Waals surface area contributed by atoms with Crippen molar-refractivity contribution in [1.29, 1.82) is 0 Å². The van der Waals surface area contributed by atoms with E-state index >= 15 is 0 Å². The number of hydrogen-bond acceptors (Lipinski definition) is 3. The molecule has 2 heterocycles. The van der Waals surface area contributed by atoms with Gasteiger partial charge in [-0.05, 0) is 47.9 Å². The molecule has 3 nitrogen and oxygen atoms in total. The molecule has 2 aromatic heterocycles. The summed E-state index contributed by atoms with van der Waals surface area (Å²) in [7, 11) is 0. The fourth-order valence-electron chi connectivity index (χ4n) is 3.65. The number of fused-ring (bicyclic) bond motifs is 2. The normalized spacial score (nSPS) is 11.5. The Morgan fingerprint density at radius 3 is 2.33 bits per heavy atom. The van der Waals surface area contributed by atoms with Crippen LogP contribution in [0.3, 0.4) is 0 Å². The van der Waals surface area contributed by atoms with Crippen molar-refractivity contribution in [1.82, 2.24) is 4.98 Å². The highest BCUT2D eigenvalue weighted by molar-refractivity contribution is 5.92.